The van der Waals surface area contributed by atoms with Gasteiger partial charge in [-0.05, 0) is 6.92 Å². The molecule has 1 rings (SSSR count). The monoisotopic (exact) mass is 212 g/mol. The molecule has 1 heterocycles. The summed E-state index contributed by atoms with van der Waals surface area (Å²) in [6.45, 7) is 1.54. The van der Waals surface area contributed by atoms with Crippen molar-refractivity contribution in [3.63, 3.8) is 0 Å². The Labute approximate surface area is 76.4 Å². The van der Waals surface area contributed by atoms with Crippen LogP contribution in [0.3, 0.4) is 0 Å². The Morgan fingerprint density at radius 1 is 1.62 bits per heavy atom. The third-order valence-electron chi connectivity index (χ3n) is 0.909. The van der Waals surface area contributed by atoms with Gasteiger partial charge in [-0.2, -0.15) is 13.2 Å². The first kappa shape index (κ1) is 11.9. The van der Waals surface area contributed by atoms with Crippen LogP contribution in [0.1, 0.15) is 10.7 Å². The average Bonchev–Trinajstić information content (AvgIpc) is 2.35. The van der Waals surface area contributed by atoms with Crippen LogP contribution in [0.2, 0.25) is 0 Å². The zero-order valence-corrected chi connectivity index (χ0v) is 7.45. The minimum absolute atomic E-state index is 0.250. The molecule has 0 aliphatic rings. The molecule has 0 unspecified atom stereocenters. The van der Waals surface area contributed by atoms with E-state index in [1.165, 1.54) is 0 Å². The highest BCUT2D eigenvalue weighted by Crippen LogP contribution is 2.29. The molecule has 0 aliphatic carbocycles. The molecule has 7 heteroatoms. The fourth-order valence-electron chi connectivity index (χ4n) is 0.494. The summed E-state index contributed by atoms with van der Waals surface area (Å²) in [5.74, 6) is 0. The number of thiazole rings is 1. The fourth-order valence-corrected chi connectivity index (χ4v) is 1.11. The molecule has 0 spiro atoms. The minimum Gasteiger partial charge on any atom is -0.372 e. The third kappa shape index (κ3) is 4.46. The van der Waals surface area contributed by atoms with Gasteiger partial charge < -0.3 is 5.73 Å². The van der Waals surface area contributed by atoms with Crippen molar-refractivity contribution in [1.82, 2.24) is 4.98 Å². The van der Waals surface area contributed by atoms with Crippen LogP contribution in [0.5, 0.6) is 0 Å². The van der Waals surface area contributed by atoms with Crippen molar-refractivity contribution in [3.8, 4) is 0 Å². The van der Waals surface area contributed by atoms with Crippen molar-refractivity contribution < 1.29 is 18.0 Å². The second-order valence-electron chi connectivity index (χ2n) is 1.89. The van der Waals surface area contributed by atoms with E-state index in [1.54, 1.807) is 6.92 Å². The van der Waals surface area contributed by atoms with E-state index in [9.17, 15) is 13.2 Å². The lowest BCUT2D eigenvalue weighted by molar-refractivity contribution is -0.140. The van der Waals surface area contributed by atoms with Gasteiger partial charge in [0.15, 0.2) is 5.69 Å². The van der Waals surface area contributed by atoms with E-state index in [-0.39, 0.29) is 6.41 Å². The quantitative estimate of drug-likeness (QED) is 0.663. The van der Waals surface area contributed by atoms with E-state index in [4.69, 9.17) is 4.79 Å². The first-order chi connectivity index (χ1) is 5.91. The molecule has 1 aromatic rings. The van der Waals surface area contributed by atoms with Crippen molar-refractivity contribution in [2.45, 2.75) is 13.1 Å². The number of aromatic nitrogens is 1. The number of nitrogens with two attached hydrogens (primary N) is 1. The topological polar surface area (TPSA) is 56.0 Å². The maximum atomic E-state index is 11.7. The van der Waals surface area contributed by atoms with Gasteiger partial charge in [0.2, 0.25) is 6.41 Å². The van der Waals surface area contributed by atoms with Gasteiger partial charge in [0.1, 0.15) is 0 Å². The summed E-state index contributed by atoms with van der Waals surface area (Å²) in [7, 11) is 0. The third-order valence-corrected chi connectivity index (χ3v) is 1.68. The number of amides is 1. The van der Waals surface area contributed by atoms with E-state index in [0.29, 0.717) is 5.01 Å². The highest BCUT2D eigenvalue weighted by atomic mass is 32.1. The molecule has 74 valence electrons. The number of hydrogen-bond donors (Lipinski definition) is 1. The maximum Gasteiger partial charge on any atom is 0.434 e. The van der Waals surface area contributed by atoms with E-state index < -0.39 is 11.9 Å². The van der Waals surface area contributed by atoms with Gasteiger partial charge in [0.25, 0.3) is 0 Å². The number of carbonyl (C=O) groups is 1. The number of aryl methyl sites for hydroxylation is 1. The van der Waals surface area contributed by atoms with Gasteiger partial charge in [-0.1, -0.05) is 0 Å². The van der Waals surface area contributed by atoms with Crippen molar-refractivity contribution in [1.29, 1.82) is 0 Å². The lowest BCUT2D eigenvalue weighted by atomic mass is 10.5. The molecule has 0 saturated carbocycles. The number of primary amides is 1. The van der Waals surface area contributed by atoms with Gasteiger partial charge >= 0.3 is 6.18 Å². The standard InChI is InChI=1S/C5H4F3NS.CH3NO/c1-3-9-4(2-10-3)5(6,7)8;2-1-3/h2H,1H3;1H,(H2,2,3). The van der Waals surface area contributed by atoms with Crippen LogP contribution in [0.25, 0.3) is 0 Å². The van der Waals surface area contributed by atoms with E-state index >= 15 is 0 Å². The first-order valence-electron chi connectivity index (χ1n) is 3.06. The lowest BCUT2D eigenvalue weighted by Crippen LogP contribution is -2.04. The molecule has 0 radical (unpaired) electrons. The van der Waals surface area contributed by atoms with Crippen LogP contribution >= 0.6 is 11.3 Å². The van der Waals surface area contributed by atoms with Gasteiger partial charge in [-0.15, -0.1) is 11.3 Å². The number of carbonyl (C=O) groups excluding carboxylic acids is 1. The Bertz CT molecular complexity index is 271. The van der Waals surface area contributed by atoms with Crippen molar-refractivity contribution in [3.05, 3.63) is 16.1 Å². The highest BCUT2D eigenvalue weighted by Gasteiger charge is 2.33. The molecule has 0 bridgehead atoms. The molecule has 0 fully saturated rings. The summed E-state index contributed by atoms with van der Waals surface area (Å²) >= 11 is 1.00. The highest BCUT2D eigenvalue weighted by molar-refractivity contribution is 7.09. The number of halogens is 3. The number of hydrogen-bond acceptors (Lipinski definition) is 3. The van der Waals surface area contributed by atoms with Crippen molar-refractivity contribution in [2.24, 2.45) is 5.73 Å². The molecule has 0 saturated heterocycles. The summed E-state index contributed by atoms with van der Waals surface area (Å²) in [6.07, 6.45) is -4.04. The van der Waals surface area contributed by atoms with Gasteiger partial charge in [-0.3, -0.25) is 4.79 Å². The van der Waals surface area contributed by atoms with Gasteiger partial charge in [0.05, 0.1) is 5.01 Å². The molecule has 3 nitrogen and oxygen atoms in total. The van der Waals surface area contributed by atoms with Crippen LogP contribution < -0.4 is 5.73 Å². The fraction of sp³-hybridized carbons (Fsp3) is 0.333. The van der Waals surface area contributed by atoms with E-state index in [0.717, 1.165) is 16.7 Å². The Morgan fingerprint density at radius 3 is 2.23 bits per heavy atom. The molecular weight excluding hydrogens is 205 g/mol. The molecule has 1 aromatic heterocycles. The predicted molar refractivity (Wildman–Crippen MR) is 42.1 cm³/mol. The Morgan fingerprint density at radius 2 is 2.08 bits per heavy atom. The number of rotatable bonds is 0. The van der Waals surface area contributed by atoms with Crippen LogP contribution in [-0.4, -0.2) is 11.4 Å². The van der Waals surface area contributed by atoms with Crippen molar-refractivity contribution >= 4 is 17.7 Å². The summed E-state index contributed by atoms with van der Waals surface area (Å²) in [5.41, 5.74) is 3.37. The number of alkyl halides is 3. The summed E-state index contributed by atoms with van der Waals surface area (Å²) in [5, 5.41) is 1.45. The van der Waals surface area contributed by atoms with Crippen LogP contribution in [-0.2, 0) is 11.0 Å². The molecule has 0 aliphatic heterocycles. The smallest absolute Gasteiger partial charge is 0.372 e. The molecule has 13 heavy (non-hydrogen) atoms. The summed E-state index contributed by atoms with van der Waals surface area (Å²) in [6, 6.07) is 0. The average molecular weight is 212 g/mol. The van der Waals surface area contributed by atoms with E-state index in [2.05, 4.69) is 10.7 Å². The molecule has 0 aromatic carbocycles. The van der Waals surface area contributed by atoms with Gasteiger partial charge in [-0.25, -0.2) is 4.98 Å². The Balaban J connectivity index is 0.000000424. The maximum absolute atomic E-state index is 11.7. The van der Waals surface area contributed by atoms with E-state index in [1.807, 2.05) is 0 Å². The minimum atomic E-state index is -4.29. The molecular formula is C6H7F3N2OS. The summed E-state index contributed by atoms with van der Waals surface area (Å²) < 4.78 is 35.2. The molecule has 0 atom stereocenters. The second kappa shape index (κ2) is 4.80. The first-order valence-corrected chi connectivity index (χ1v) is 3.94. The number of nitrogens with zero attached hydrogens (tertiary/aromatic N) is 1. The zero-order valence-electron chi connectivity index (χ0n) is 6.63. The lowest BCUT2D eigenvalue weighted by Gasteiger charge is -1.98. The van der Waals surface area contributed by atoms with Crippen LogP contribution in [0, 0.1) is 6.92 Å². The van der Waals surface area contributed by atoms with Crippen molar-refractivity contribution in [2.75, 3.05) is 0 Å². The SMILES string of the molecule is Cc1nc(C(F)(F)F)cs1.NC=O. The molecule has 2 N–H and O–H groups in total. The predicted octanol–water partition coefficient (Wildman–Crippen LogP) is 1.57. The van der Waals surface area contributed by atoms with Gasteiger partial charge in [0, 0.05) is 5.38 Å². The zero-order chi connectivity index (χ0) is 10.5. The molecule has 1 amide bonds. The Hall–Kier alpha value is -1.11. The summed E-state index contributed by atoms with van der Waals surface area (Å²) in [4.78, 5) is 11.9. The van der Waals surface area contributed by atoms with Crippen LogP contribution in [0.15, 0.2) is 5.38 Å². The van der Waals surface area contributed by atoms with Crippen LogP contribution in [0.4, 0.5) is 13.2 Å². The largest absolute Gasteiger partial charge is 0.434 e. The second-order valence-corrected chi connectivity index (χ2v) is 2.95. The normalized spacial score (nSPS) is 10.2. The Kier molecular flexibility index (Phi) is 4.39.